The highest BCUT2D eigenvalue weighted by atomic mass is 79.9. The Kier molecular flexibility index (Phi) is 3.95. The van der Waals surface area contributed by atoms with Crippen LogP contribution in [0.3, 0.4) is 0 Å². The van der Waals surface area contributed by atoms with E-state index in [2.05, 4.69) is 21.2 Å². The fourth-order valence-corrected chi connectivity index (χ4v) is 1.81. The maximum absolute atomic E-state index is 13.0. The summed E-state index contributed by atoms with van der Waals surface area (Å²) in [6, 6.07) is 8.33. The topological polar surface area (TPSA) is 29.1 Å². The standard InChI is InChI=1S/C14H10BrF2NO/c1-8-6-9(2-4-11(8)15)14(19)18-10-3-5-12(16)13(17)7-10/h2-7H,1H3,(H,18,19). The van der Waals surface area contributed by atoms with Gasteiger partial charge in [0.2, 0.25) is 0 Å². The molecule has 0 saturated carbocycles. The van der Waals surface area contributed by atoms with Gasteiger partial charge in [-0.1, -0.05) is 15.9 Å². The van der Waals surface area contributed by atoms with Gasteiger partial charge in [0.15, 0.2) is 11.6 Å². The van der Waals surface area contributed by atoms with Gasteiger partial charge in [-0.25, -0.2) is 8.78 Å². The van der Waals surface area contributed by atoms with Crippen molar-refractivity contribution in [2.24, 2.45) is 0 Å². The summed E-state index contributed by atoms with van der Waals surface area (Å²) < 4.78 is 26.7. The first-order valence-corrected chi connectivity index (χ1v) is 6.29. The van der Waals surface area contributed by atoms with E-state index in [1.807, 2.05) is 6.92 Å². The van der Waals surface area contributed by atoms with Gasteiger partial charge in [-0.3, -0.25) is 4.79 Å². The van der Waals surface area contributed by atoms with Crippen LogP contribution >= 0.6 is 15.9 Å². The number of benzene rings is 2. The molecule has 0 aliphatic rings. The van der Waals surface area contributed by atoms with Gasteiger partial charge < -0.3 is 5.32 Å². The maximum atomic E-state index is 13.0. The smallest absolute Gasteiger partial charge is 0.255 e. The zero-order chi connectivity index (χ0) is 14.0. The monoisotopic (exact) mass is 325 g/mol. The molecule has 0 bridgehead atoms. The SMILES string of the molecule is Cc1cc(C(=O)Nc2ccc(F)c(F)c2)ccc1Br. The van der Waals surface area contributed by atoms with Gasteiger partial charge in [0.05, 0.1) is 0 Å². The minimum Gasteiger partial charge on any atom is -0.322 e. The number of hydrogen-bond donors (Lipinski definition) is 1. The summed E-state index contributed by atoms with van der Waals surface area (Å²) in [5.41, 5.74) is 1.58. The Morgan fingerprint density at radius 2 is 1.84 bits per heavy atom. The molecule has 19 heavy (non-hydrogen) atoms. The van der Waals surface area contributed by atoms with Crippen LogP contribution in [0.25, 0.3) is 0 Å². The second-order valence-corrected chi connectivity index (χ2v) is 4.90. The van der Waals surface area contributed by atoms with Crippen LogP contribution in [-0.4, -0.2) is 5.91 Å². The van der Waals surface area contributed by atoms with Crippen LogP contribution in [0.4, 0.5) is 14.5 Å². The normalized spacial score (nSPS) is 10.3. The van der Waals surface area contributed by atoms with Crippen molar-refractivity contribution in [3.05, 3.63) is 63.6 Å². The molecule has 2 nitrogen and oxygen atoms in total. The van der Waals surface area contributed by atoms with Crippen molar-refractivity contribution in [3.63, 3.8) is 0 Å². The van der Waals surface area contributed by atoms with Crippen LogP contribution in [-0.2, 0) is 0 Å². The highest BCUT2D eigenvalue weighted by Gasteiger charge is 2.09. The van der Waals surface area contributed by atoms with Crippen molar-refractivity contribution >= 4 is 27.5 Å². The minimum atomic E-state index is -0.996. The van der Waals surface area contributed by atoms with Gasteiger partial charge >= 0.3 is 0 Å². The molecule has 0 fully saturated rings. The Labute approximate surface area is 117 Å². The first kappa shape index (κ1) is 13.7. The fraction of sp³-hybridized carbons (Fsp3) is 0.0714. The van der Waals surface area contributed by atoms with Crippen LogP contribution in [0, 0.1) is 18.6 Å². The molecule has 2 rings (SSSR count). The third kappa shape index (κ3) is 3.17. The average molecular weight is 326 g/mol. The third-order valence-electron chi connectivity index (χ3n) is 2.60. The van der Waals surface area contributed by atoms with Gasteiger partial charge in [0.1, 0.15) is 0 Å². The molecule has 0 unspecified atom stereocenters. The molecular weight excluding hydrogens is 316 g/mol. The summed E-state index contributed by atoms with van der Waals surface area (Å²) in [4.78, 5) is 11.9. The van der Waals surface area contributed by atoms with Gasteiger partial charge in [-0.05, 0) is 42.8 Å². The van der Waals surface area contributed by atoms with Crippen LogP contribution in [0.15, 0.2) is 40.9 Å². The summed E-state index contributed by atoms with van der Waals surface area (Å²) in [5.74, 6) is -2.32. The van der Waals surface area contributed by atoms with E-state index in [1.165, 1.54) is 6.07 Å². The Bertz CT molecular complexity index is 643. The molecule has 2 aromatic rings. The van der Waals surface area contributed by atoms with Crippen LogP contribution in [0.1, 0.15) is 15.9 Å². The lowest BCUT2D eigenvalue weighted by Gasteiger charge is -2.07. The lowest BCUT2D eigenvalue weighted by molar-refractivity contribution is 0.102. The van der Waals surface area contributed by atoms with E-state index < -0.39 is 11.6 Å². The first-order chi connectivity index (χ1) is 8.97. The molecule has 0 saturated heterocycles. The van der Waals surface area contributed by atoms with E-state index in [9.17, 15) is 13.6 Å². The number of rotatable bonds is 2. The predicted molar refractivity (Wildman–Crippen MR) is 73.2 cm³/mol. The quantitative estimate of drug-likeness (QED) is 0.876. The molecule has 98 valence electrons. The Balaban J connectivity index is 2.20. The molecule has 0 aliphatic carbocycles. The summed E-state index contributed by atoms with van der Waals surface area (Å²) in [7, 11) is 0. The Morgan fingerprint density at radius 3 is 2.47 bits per heavy atom. The minimum absolute atomic E-state index is 0.212. The number of aryl methyl sites for hydroxylation is 1. The zero-order valence-electron chi connectivity index (χ0n) is 10.0. The van der Waals surface area contributed by atoms with E-state index in [0.717, 1.165) is 22.2 Å². The van der Waals surface area contributed by atoms with Crippen molar-refractivity contribution in [2.75, 3.05) is 5.32 Å². The van der Waals surface area contributed by atoms with E-state index in [-0.39, 0.29) is 11.6 Å². The lowest BCUT2D eigenvalue weighted by Crippen LogP contribution is -2.12. The average Bonchev–Trinajstić information content (AvgIpc) is 2.37. The second-order valence-electron chi connectivity index (χ2n) is 4.05. The van der Waals surface area contributed by atoms with Crippen LogP contribution < -0.4 is 5.32 Å². The number of nitrogens with one attached hydrogen (secondary N) is 1. The molecule has 1 amide bonds. The lowest BCUT2D eigenvalue weighted by atomic mass is 10.1. The third-order valence-corrected chi connectivity index (χ3v) is 3.49. The highest BCUT2D eigenvalue weighted by Crippen LogP contribution is 2.19. The first-order valence-electron chi connectivity index (χ1n) is 5.50. The number of carbonyl (C=O) groups is 1. The zero-order valence-corrected chi connectivity index (χ0v) is 11.6. The van der Waals surface area contributed by atoms with E-state index in [1.54, 1.807) is 18.2 Å². The molecule has 0 aliphatic heterocycles. The largest absolute Gasteiger partial charge is 0.322 e. The summed E-state index contributed by atoms with van der Waals surface area (Å²) >= 11 is 3.34. The number of hydrogen-bond acceptors (Lipinski definition) is 1. The molecular formula is C14H10BrF2NO. The molecule has 0 atom stereocenters. The van der Waals surface area contributed by atoms with Gasteiger partial charge in [0, 0.05) is 21.8 Å². The number of amides is 1. The molecule has 0 heterocycles. The number of anilines is 1. The Morgan fingerprint density at radius 1 is 1.11 bits per heavy atom. The molecule has 5 heteroatoms. The van der Waals surface area contributed by atoms with Crippen molar-refractivity contribution in [1.29, 1.82) is 0 Å². The van der Waals surface area contributed by atoms with Gasteiger partial charge in [-0.15, -0.1) is 0 Å². The molecule has 0 aromatic heterocycles. The van der Waals surface area contributed by atoms with Gasteiger partial charge in [0.25, 0.3) is 5.91 Å². The van der Waals surface area contributed by atoms with Crippen molar-refractivity contribution < 1.29 is 13.6 Å². The maximum Gasteiger partial charge on any atom is 0.255 e. The van der Waals surface area contributed by atoms with Crippen LogP contribution in [0.5, 0.6) is 0 Å². The van der Waals surface area contributed by atoms with Gasteiger partial charge in [-0.2, -0.15) is 0 Å². The molecule has 0 spiro atoms. The molecule has 2 aromatic carbocycles. The van der Waals surface area contributed by atoms with E-state index in [4.69, 9.17) is 0 Å². The van der Waals surface area contributed by atoms with E-state index in [0.29, 0.717) is 5.56 Å². The second kappa shape index (κ2) is 5.48. The van der Waals surface area contributed by atoms with Crippen molar-refractivity contribution in [2.45, 2.75) is 6.92 Å². The number of carbonyl (C=O) groups excluding carboxylic acids is 1. The van der Waals surface area contributed by atoms with E-state index >= 15 is 0 Å². The number of halogens is 3. The summed E-state index contributed by atoms with van der Waals surface area (Å²) in [6.45, 7) is 1.86. The summed E-state index contributed by atoms with van der Waals surface area (Å²) in [6.07, 6.45) is 0. The Hall–Kier alpha value is -1.75. The van der Waals surface area contributed by atoms with Crippen molar-refractivity contribution in [3.8, 4) is 0 Å². The predicted octanol–water partition coefficient (Wildman–Crippen LogP) is 4.29. The molecule has 0 radical (unpaired) electrons. The molecule has 1 N–H and O–H groups in total. The fourth-order valence-electron chi connectivity index (χ4n) is 1.56. The van der Waals surface area contributed by atoms with Crippen molar-refractivity contribution in [1.82, 2.24) is 0 Å². The highest BCUT2D eigenvalue weighted by molar-refractivity contribution is 9.10. The van der Waals surface area contributed by atoms with Crippen LogP contribution in [0.2, 0.25) is 0 Å². The summed E-state index contributed by atoms with van der Waals surface area (Å²) in [5, 5.41) is 2.51.